The molecule has 7 heteroatoms. The summed E-state index contributed by atoms with van der Waals surface area (Å²) in [6.07, 6.45) is 0. The molecular formula is C15H10Cl2N4O. The molecule has 0 aliphatic rings. The Morgan fingerprint density at radius 1 is 1.00 bits per heavy atom. The summed E-state index contributed by atoms with van der Waals surface area (Å²) >= 11 is 11.7. The monoisotopic (exact) mass is 332 g/mol. The zero-order valence-corrected chi connectivity index (χ0v) is 12.7. The number of carbonyl (C=O) groups is 1. The van der Waals surface area contributed by atoms with Crippen molar-refractivity contribution in [2.45, 2.75) is 0 Å². The third-order valence-corrected chi connectivity index (χ3v) is 3.61. The summed E-state index contributed by atoms with van der Waals surface area (Å²) in [4.78, 5) is 20.5. The van der Waals surface area contributed by atoms with Crippen molar-refractivity contribution in [1.29, 1.82) is 0 Å². The molecule has 3 aromatic rings. The zero-order valence-electron chi connectivity index (χ0n) is 11.2. The second-order valence-corrected chi connectivity index (χ2v) is 5.30. The maximum atomic E-state index is 12.3. The third-order valence-electron chi connectivity index (χ3n) is 2.99. The van der Waals surface area contributed by atoms with E-state index in [1.807, 2.05) is 0 Å². The minimum Gasteiger partial charge on any atom is -0.399 e. The highest BCUT2D eigenvalue weighted by Gasteiger charge is 2.10. The summed E-state index contributed by atoms with van der Waals surface area (Å²) in [5.74, 6) is -0.277. The van der Waals surface area contributed by atoms with Crippen LogP contribution >= 0.6 is 23.2 Å². The molecule has 0 bridgehead atoms. The van der Waals surface area contributed by atoms with Gasteiger partial charge in [0.2, 0.25) is 0 Å². The number of carbonyl (C=O) groups excluding carboxylic acids is 1. The predicted molar refractivity (Wildman–Crippen MR) is 88.4 cm³/mol. The van der Waals surface area contributed by atoms with Gasteiger partial charge in [-0.1, -0.05) is 29.3 Å². The molecule has 0 unspecified atom stereocenters. The Bertz CT molecular complexity index is 883. The van der Waals surface area contributed by atoms with Crippen molar-refractivity contribution in [3.8, 4) is 0 Å². The third kappa shape index (κ3) is 2.95. The minimum atomic E-state index is -0.277. The Labute approximate surface area is 136 Å². The molecule has 22 heavy (non-hydrogen) atoms. The van der Waals surface area contributed by atoms with Gasteiger partial charge in [0.1, 0.15) is 0 Å². The molecule has 2 aromatic carbocycles. The topological polar surface area (TPSA) is 80.9 Å². The lowest BCUT2D eigenvalue weighted by atomic mass is 10.1. The minimum absolute atomic E-state index is 0.0996. The Balaban J connectivity index is 1.92. The summed E-state index contributed by atoms with van der Waals surface area (Å²) in [7, 11) is 0. The molecular weight excluding hydrogens is 323 g/mol. The number of aromatic nitrogens is 2. The number of hydrogen-bond acceptors (Lipinski definition) is 4. The number of anilines is 2. The Morgan fingerprint density at radius 2 is 1.73 bits per heavy atom. The van der Waals surface area contributed by atoms with Gasteiger partial charge in [-0.25, -0.2) is 9.97 Å². The van der Waals surface area contributed by atoms with Crippen LogP contribution in [0.25, 0.3) is 11.0 Å². The van der Waals surface area contributed by atoms with Gasteiger partial charge in [0, 0.05) is 16.9 Å². The molecule has 3 rings (SSSR count). The number of hydrogen-bond donors (Lipinski definition) is 2. The lowest BCUT2D eigenvalue weighted by Gasteiger charge is -2.07. The van der Waals surface area contributed by atoms with Crippen molar-refractivity contribution >= 4 is 51.5 Å². The van der Waals surface area contributed by atoms with E-state index in [1.165, 1.54) is 0 Å². The first-order valence-electron chi connectivity index (χ1n) is 6.32. The lowest BCUT2D eigenvalue weighted by Crippen LogP contribution is -2.12. The van der Waals surface area contributed by atoms with Crippen LogP contribution in [0.4, 0.5) is 11.4 Å². The van der Waals surface area contributed by atoms with E-state index in [0.29, 0.717) is 28.0 Å². The van der Waals surface area contributed by atoms with Crippen molar-refractivity contribution in [2.75, 3.05) is 11.1 Å². The highest BCUT2D eigenvalue weighted by Crippen LogP contribution is 2.22. The fourth-order valence-electron chi connectivity index (χ4n) is 1.97. The Morgan fingerprint density at radius 3 is 2.45 bits per heavy atom. The molecule has 110 valence electrons. The van der Waals surface area contributed by atoms with Gasteiger partial charge < -0.3 is 11.1 Å². The quantitative estimate of drug-likeness (QED) is 0.700. The summed E-state index contributed by atoms with van der Waals surface area (Å²) in [6.45, 7) is 0. The molecule has 5 nitrogen and oxygen atoms in total. The lowest BCUT2D eigenvalue weighted by molar-refractivity contribution is 0.102. The SMILES string of the molecule is Nc1cccc(NC(=O)c2ccc3nc(Cl)c(Cl)nc3c2)c1. The normalized spacial score (nSPS) is 10.6. The maximum Gasteiger partial charge on any atom is 0.255 e. The molecule has 1 aromatic heterocycles. The van der Waals surface area contributed by atoms with E-state index in [4.69, 9.17) is 28.9 Å². The number of nitrogen functional groups attached to an aromatic ring is 1. The smallest absolute Gasteiger partial charge is 0.255 e. The molecule has 0 atom stereocenters. The number of halogens is 2. The van der Waals surface area contributed by atoms with Crippen LogP contribution in [0.2, 0.25) is 10.3 Å². The fourth-order valence-corrected chi connectivity index (χ4v) is 2.24. The number of nitrogens with one attached hydrogen (secondary N) is 1. The summed E-state index contributed by atoms with van der Waals surface area (Å²) < 4.78 is 0. The van der Waals surface area contributed by atoms with E-state index in [0.717, 1.165) is 0 Å². The molecule has 1 heterocycles. The molecule has 0 spiro atoms. The average molecular weight is 333 g/mol. The van der Waals surface area contributed by atoms with Gasteiger partial charge in [-0.05, 0) is 36.4 Å². The van der Waals surface area contributed by atoms with Crippen LogP contribution in [0.3, 0.4) is 0 Å². The van der Waals surface area contributed by atoms with Crippen LogP contribution in [-0.2, 0) is 0 Å². The average Bonchev–Trinajstić information content (AvgIpc) is 2.48. The summed E-state index contributed by atoms with van der Waals surface area (Å²) in [5, 5.41) is 2.99. The van der Waals surface area contributed by atoms with E-state index in [1.54, 1.807) is 42.5 Å². The van der Waals surface area contributed by atoms with Crippen LogP contribution in [0.1, 0.15) is 10.4 Å². The molecule has 0 saturated heterocycles. The molecule has 0 saturated carbocycles. The van der Waals surface area contributed by atoms with Crippen LogP contribution in [-0.4, -0.2) is 15.9 Å². The van der Waals surface area contributed by atoms with E-state index < -0.39 is 0 Å². The molecule has 0 radical (unpaired) electrons. The Kier molecular flexibility index (Phi) is 3.83. The number of nitrogens with two attached hydrogens (primary N) is 1. The molecule has 0 aliphatic carbocycles. The number of nitrogens with zero attached hydrogens (tertiary/aromatic N) is 2. The van der Waals surface area contributed by atoms with Crippen molar-refractivity contribution < 1.29 is 4.79 Å². The highest BCUT2D eigenvalue weighted by molar-refractivity contribution is 6.40. The first-order chi connectivity index (χ1) is 10.5. The van der Waals surface area contributed by atoms with Gasteiger partial charge in [0.05, 0.1) is 11.0 Å². The summed E-state index contributed by atoms with van der Waals surface area (Å²) in [5.41, 5.74) is 8.36. The molecule has 0 fully saturated rings. The zero-order chi connectivity index (χ0) is 15.7. The van der Waals surface area contributed by atoms with E-state index in [-0.39, 0.29) is 16.2 Å². The van der Waals surface area contributed by atoms with Crippen LogP contribution in [0.5, 0.6) is 0 Å². The molecule has 3 N–H and O–H groups in total. The van der Waals surface area contributed by atoms with Crippen molar-refractivity contribution in [3.05, 3.63) is 58.3 Å². The maximum absolute atomic E-state index is 12.3. The number of fused-ring (bicyclic) bond motifs is 1. The van der Waals surface area contributed by atoms with Gasteiger partial charge in [0.15, 0.2) is 10.3 Å². The molecule has 1 amide bonds. The van der Waals surface area contributed by atoms with Crippen LogP contribution < -0.4 is 11.1 Å². The van der Waals surface area contributed by atoms with Crippen LogP contribution in [0, 0.1) is 0 Å². The highest BCUT2D eigenvalue weighted by atomic mass is 35.5. The van der Waals surface area contributed by atoms with Gasteiger partial charge in [-0.15, -0.1) is 0 Å². The van der Waals surface area contributed by atoms with Gasteiger partial charge in [-0.2, -0.15) is 0 Å². The van der Waals surface area contributed by atoms with Crippen molar-refractivity contribution in [3.63, 3.8) is 0 Å². The number of rotatable bonds is 2. The number of amides is 1. The van der Waals surface area contributed by atoms with Gasteiger partial charge in [0.25, 0.3) is 5.91 Å². The van der Waals surface area contributed by atoms with Crippen molar-refractivity contribution in [1.82, 2.24) is 9.97 Å². The van der Waals surface area contributed by atoms with E-state index in [9.17, 15) is 4.79 Å². The largest absolute Gasteiger partial charge is 0.399 e. The van der Waals surface area contributed by atoms with E-state index in [2.05, 4.69) is 15.3 Å². The van der Waals surface area contributed by atoms with Crippen molar-refractivity contribution in [2.24, 2.45) is 0 Å². The number of benzene rings is 2. The Hall–Kier alpha value is -2.37. The standard InChI is InChI=1S/C15H10Cl2N4O/c16-13-14(17)21-12-6-8(4-5-11(12)20-13)15(22)19-10-3-1-2-9(18)7-10/h1-7H,18H2,(H,19,22). The first kappa shape index (κ1) is 14.6. The first-order valence-corrected chi connectivity index (χ1v) is 7.08. The summed E-state index contributed by atoms with van der Waals surface area (Å²) in [6, 6.07) is 11.8. The second-order valence-electron chi connectivity index (χ2n) is 4.59. The van der Waals surface area contributed by atoms with Crippen LogP contribution in [0.15, 0.2) is 42.5 Å². The molecule has 0 aliphatic heterocycles. The van der Waals surface area contributed by atoms with Gasteiger partial charge in [-0.3, -0.25) is 4.79 Å². The fraction of sp³-hybridized carbons (Fsp3) is 0. The predicted octanol–water partition coefficient (Wildman–Crippen LogP) is 3.77. The second kappa shape index (κ2) is 5.79. The van der Waals surface area contributed by atoms with E-state index >= 15 is 0 Å². The van der Waals surface area contributed by atoms with Gasteiger partial charge >= 0.3 is 0 Å².